The number of carbonyl (C=O) groups is 2. The first-order valence-electron chi connectivity index (χ1n) is 15.4. The number of nitrogens with zero attached hydrogens (tertiary/aromatic N) is 4. The number of hydrogen-bond acceptors (Lipinski definition) is 5. The number of benzene rings is 2. The van der Waals surface area contributed by atoms with Crippen LogP contribution in [-0.2, 0) is 24.4 Å². The molecular formula is C36H36N6O3. The molecule has 2 aliphatic carbocycles. The molecule has 228 valence electrons. The molecular weight excluding hydrogens is 564 g/mol. The second kappa shape index (κ2) is 11.1. The summed E-state index contributed by atoms with van der Waals surface area (Å²) in [6.07, 6.45) is 12.8. The van der Waals surface area contributed by atoms with E-state index in [4.69, 9.17) is 15.8 Å². The quantitative estimate of drug-likeness (QED) is 0.146. The number of aryl methyl sites for hydroxylation is 2. The average molecular weight is 601 g/mol. The second-order valence-electron chi connectivity index (χ2n) is 12.3. The largest absolute Gasteiger partial charge is 0.478 e. The summed E-state index contributed by atoms with van der Waals surface area (Å²) in [6, 6.07) is 17.4. The van der Waals surface area contributed by atoms with Gasteiger partial charge in [0, 0.05) is 36.6 Å². The van der Waals surface area contributed by atoms with Gasteiger partial charge in [0.05, 0.1) is 22.4 Å². The summed E-state index contributed by atoms with van der Waals surface area (Å²) < 4.78 is 4.18. The zero-order valence-corrected chi connectivity index (χ0v) is 25.5. The van der Waals surface area contributed by atoms with E-state index in [1.165, 1.54) is 18.4 Å². The summed E-state index contributed by atoms with van der Waals surface area (Å²) >= 11 is 0. The maximum Gasteiger partial charge on any atom is 0.328 e. The smallest absolute Gasteiger partial charge is 0.328 e. The van der Waals surface area contributed by atoms with Crippen molar-refractivity contribution in [2.45, 2.75) is 50.0 Å². The Kier molecular flexibility index (Phi) is 7.03. The number of hydrogen-bond donors (Lipinski definition) is 3. The lowest BCUT2D eigenvalue weighted by Crippen LogP contribution is -2.45. The van der Waals surface area contributed by atoms with Crippen molar-refractivity contribution in [2.24, 2.45) is 14.1 Å². The van der Waals surface area contributed by atoms with Gasteiger partial charge in [-0.05, 0) is 85.2 Å². The van der Waals surface area contributed by atoms with Gasteiger partial charge in [-0.3, -0.25) is 4.79 Å². The number of nitrogens with two attached hydrogens (primary N) is 1. The number of nitrogens with one attached hydrogen (secondary N) is 1. The molecule has 0 atom stereocenters. The molecule has 9 heteroatoms. The minimum absolute atomic E-state index is 0.162. The van der Waals surface area contributed by atoms with Crippen molar-refractivity contribution in [3.8, 4) is 11.4 Å². The van der Waals surface area contributed by atoms with Crippen LogP contribution < -0.4 is 11.1 Å². The van der Waals surface area contributed by atoms with Gasteiger partial charge in [0.1, 0.15) is 17.2 Å². The predicted molar refractivity (Wildman–Crippen MR) is 177 cm³/mol. The first-order valence-corrected chi connectivity index (χ1v) is 15.4. The Morgan fingerprint density at radius 3 is 2.49 bits per heavy atom. The van der Waals surface area contributed by atoms with Crippen molar-refractivity contribution in [2.75, 3.05) is 5.73 Å². The topological polar surface area (TPSA) is 128 Å². The molecule has 0 unspecified atom stereocenters. The minimum Gasteiger partial charge on any atom is -0.478 e. The van der Waals surface area contributed by atoms with E-state index in [9.17, 15) is 9.59 Å². The van der Waals surface area contributed by atoms with Gasteiger partial charge in [-0.2, -0.15) is 0 Å². The summed E-state index contributed by atoms with van der Waals surface area (Å²) in [4.78, 5) is 34.7. The fraction of sp³-hybridized carbons (Fsp3) is 0.278. The van der Waals surface area contributed by atoms with Crippen LogP contribution in [0.1, 0.15) is 71.8 Å². The molecule has 2 aliphatic rings. The number of nitrogen functional groups attached to an aromatic ring is 1. The van der Waals surface area contributed by atoms with Gasteiger partial charge in [0.15, 0.2) is 0 Å². The Bertz CT molecular complexity index is 2030. The normalized spacial score (nSPS) is 16.4. The van der Waals surface area contributed by atoms with E-state index in [2.05, 4.69) is 33.1 Å². The Hall–Kier alpha value is -5.18. The molecule has 0 aliphatic heterocycles. The Labute approximate surface area is 261 Å². The van der Waals surface area contributed by atoms with E-state index in [-0.39, 0.29) is 5.91 Å². The highest BCUT2D eigenvalue weighted by Gasteiger charge is 2.39. The molecule has 45 heavy (non-hydrogen) atoms. The van der Waals surface area contributed by atoms with Gasteiger partial charge in [0.25, 0.3) is 5.91 Å². The van der Waals surface area contributed by atoms with Gasteiger partial charge in [-0.15, -0.1) is 0 Å². The van der Waals surface area contributed by atoms with Crippen molar-refractivity contribution in [1.82, 2.24) is 24.4 Å². The van der Waals surface area contributed by atoms with E-state index >= 15 is 0 Å². The van der Waals surface area contributed by atoms with Gasteiger partial charge in [0.2, 0.25) is 0 Å². The molecule has 1 fully saturated rings. The highest BCUT2D eigenvalue weighted by Crippen LogP contribution is 2.44. The number of imidazole rings is 1. The van der Waals surface area contributed by atoms with Crippen molar-refractivity contribution < 1.29 is 14.7 Å². The average Bonchev–Trinajstić information content (AvgIpc) is 3.83. The van der Waals surface area contributed by atoms with Gasteiger partial charge < -0.3 is 25.3 Å². The van der Waals surface area contributed by atoms with E-state index in [0.717, 1.165) is 63.6 Å². The zero-order chi connectivity index (χ0) is 31.3. The third kappa shape index (κ3) is 4.98. The number of carboxylic acids is 1. The van der Waals surface area contributed by atoms with Crippen LogP contribution in [0.3, 0.4) is 0 Å². The Morgan fingerprint density at radius 2 is 1.76 bits per heavy atom. The molecule has 0 bridgehead atoms. The number of aliphatic carboxylic acids is 1. The first-order chi connectivity index (χ1) is 21.7. The summed E-state index contributed by atoms with van der Waals surface area (Å²) in [7, 11) is 4.00. The maximum atomic E-state index is 14.0. The summed E-state index contributed by atoms with van der Waals surface area (Å²) in [5, 5.41) is 13.5. The van der Waals surface area contributed by atoms with Crippen molar-refractivity contribution in [1.29, 1.82) is 0 Å². The van der Waals surface area contributed by atoms with E-state index < -0.39 is 11.5 Å². The second-order valence-corrected chi connectivity index (χ2v) is 12.3. The van der Waals surface area contributed by atoms with Gasteiger partial charge in [-0.1, -0.05) is 43.2 Å². The SMILES string of the molecule is Cn1c(C2(NC(=O)c3ccc4c(C5CCCC5)c(-c5cccc(N)n5)n(C)c4c3)CC=CC2)nc2cc(C=CC(=O)O)ccc21. The molecule has 5 aromatic rings. The standard InChI is InChI=1S/C36H36N6O3/c1-41-29-21-24(14-15-25(29)32(23-8-3-4-9-23)33(41)26-10-7-11-30(37)38-26)34(45)40-36(18-5-6-19-36)35-39-27-20-22(13-17-31(43)44)12-16-28(27)42(35)2/h5-7,10-17,20-21,23H,3-4,8-9,18-19H2,1-2H3,(H2,37,38)(H,40,45)(H,43,44). The van der Waals surface area contributed by atoms with Gasteiger partial charge >= 0.3 is 5.97 Å². The van der Waals surface area contributed by atoms with Crippen LogP contribution in [0.2, 0.25) is 0 Å². The number of anilines is 1. The molecule has 4 N–H and O–H groups in total. The number of amides is 1. The number of fused-ring (bicyclic) bond motifs is 2. The lowest BCUT2D eigenvalue weighted by molar-refractivity contribution is -0.131. The summed E-state index contributed by atoms with van der Waals surface area (Å²) in [5.41, 5.74) is 12.6. The van der Waals surface area contributed by atoms with Crippen LogP contribution in [-0.4, -0.2) is 36.1 Å². The fourth-order valence-electron chi connectivity index (χ4n) is 7.33. The van der Waals surface area contributed by atoms with E-state index in [0.29, 0.717) is 30.1 Å². The third-order valence-corrected chi connectivity index (χ3v) is 9.48. The van der Waals surface area contributed by atoms with Crippen molar-refractivity contribution in [3.05, 3.63) is 95.3 Å². The minimum atomic E-state index is -1.00. The highest BCUT2D eigenvalue weighted by molar-refractivity contribution is 6.01. The molecule has 0 spiro atoms. The zero-order valence-electron chi connectivity index (χ0n) is 25.5. The maximum absolute atomic E-state index is 14.0. The Balaban J connectivity index is 1.27. The lowest BCUT2D eigenvalue weighted by atomic mass is 9.92. The molecule has 1 amide bonds. The van der Waals surface area contributed by atoms with Crippen LogP contribution in [0.25, 0.3) is 39.4 Å². The molecule has 9 nitrogen and oxygen atoms in total. The number of rotatable bonds is 7. The molecule has 3 aromatic heterocycles. The molecule has 1 saturated carbocycles. The molecule has 7 rings (SSSR count). The first kappa shape index (κ1) is 28.6. The number of carbonyl (C=O) groups excluding carboxylic acids is 1. The number of aromatic nitrogens is 4. The van der Waals surface area contributed by atoms with Crippen molar-refractivity contribution >= 4 is 45.7 Å². The molecule has 0 saturated heterocycles. The van der Waals surface area contributed by atoms with E-state index in [1.807, 2.05) is 61.1 Å². The van der Waals surface area contributed by atoms with Crippen LogP contribution in [0.15, 0.2) is 72.8 Å². The Morgan fingerprint density at radius 1 is 0.978 bits per heavy atom. The number of pyridine rings is 1. The van der Waals surface area contributed by atoms with Gasteiger partial charge in [-0.25, -0.2) is 14.8 Å². The third-order valence-electron chi connectivity index (χ3n) is 9.48. The summed E-state index contributed by atoms with van der Waals surface area (Å²) in [5.74, 6) is 0.521. The predicted octanol–water partition coefficient (Wildman–Crippen LogP) is 6.44. The molecule has 3 heterocycles. The fourth-order valence-corrected chi connectivity index (χ4v) is 7.33. The number of carboxylic acid groups (broad SMARTS) is 1. The van der Waals surface area contributed by atoms with E-state index in [1.54, 1.807) is 12.1 Å². The van der Waals surface area contributed by atoms with Crippen LogP contribution >= 0.6 is 0 Å². The van der Waals surface area contributed by atoms with Crippen molar-refractivity contribution in [3.63, 3.8) is 0 Å². The molecule has 2 aromatic carbocycles. The lowest BCUT2D eigenvalue weighted by Gasteiger charge is -2.30. The van der Waals surface area contributed by atoms with Crippen LogP contribution in [0, 0.1) is 0 Å². The van der Waals surface area contributed by atoms with Crippen LogP contribution in [0.5, 0.6) is 0 Å². The summed E-state index contributed by atoms with van der Waals surface area (Å²) in [6.45, 7) is 0. The molecule has 0 radical (unpaired) electrons. The monoisotopic (exact) mass is 600 g/mol. The van der Waals surface area contributed by atoms with Crippen LogP contribution in [0.4, 0.5) is 5.82 Å². The highest BCUT2D eigenvalue weighted by atomic mass is 16.4.